The van der Waals surface area contributed by atoms with Gasteiger partial charge in [-0.25, -0.2) is 0 Å². The van der Waals surface area contributed by atoms with E-state index in [9.17, 15) is 0 Å². The Morgan fingerprint density at radius 2 is 0.677 bits per heavy atom. The maximum absolute atomic E-state index is 6.61. The van der Waals surface area contributed by atoms with Crippen LogP contribution in [0.2, 0.25) is 0 Å². The zero-order valence-electron chi connectivity index (χ0n) is 33.9. The number of para-hydroxylation sites is 2. The number of rotatable bonds is 7. The molecule has 2 heteroatoms. The first-order valence-corrected chi connectivity index (χ1v) is 21.2. The van der Waals surface area contributed by atoms with Gasteiger partial charge in [0.05, 0.1) is 11.0 Å². The molecule has 0 atom stereocenters. The van der Waals surface area contributed by atoms with Gasteiger partial charge >= 0.3 is 0 Å². The predicted molar refractivity (Wildman–Crippen MR) is 261 cm³/mol. The highest BCUT2D eigenvalue weighted by molar-refractivity contribution is 6.12. The second-order valence-electron chi connectivity index (χ2n) is 16.1. The Hall–Kier alpha value is -8.20. The summed E-state index contributed by atoms with van der Waals surface area (Å²) >= 11 is 0. The van der Waals surface area contributed by atoms with E-state index in [0.717, 1.165) is 61.0 Å². The Balaban J connectivity index is 1.06. The molecule has 0 radical (unpaired) electrons. The third-order valence-corrected chi connectivity index (χ3v) is 12.4. The van der Waals surface area contributed by atoms with Crippen molar-refractivity contribution >= 4 is 43.7 Å². The molecule has 290 valence electrons. The maximum atomic E-state index is 6.61. The molecule has 2 heterocycles. The summed E-state index contributed by atoms with van der Waals surface area (Å²) in [5, 5.41) is 4.67. The van der Waals surface area contributed by atoms with Crippen LogP contribution in [0.5, 0.6) is 0 Å². The van der Waals surface area contributed by atoms with Crippen LogP contribution in [0.15, 0.2) is 241 Å². The minimum atomic E-state index is 0.884. The first-order chi connectivity index (χ1) is 30.7. The van der Waals surface area contributed by atoms with Crippen molar-refractivity contribution in [2.24, 2.45) is 0 Å². The van der Waals surface area contributed by atoms with E-state index in [1.54, 1.807) is 0 Å². The molecule has 10 aromatic carbocycles. The topological polar surface area (TPSA) is 18.1 Å². The fraction of sp³-hybridized carbons (Fsp3) is 0. The first-order valence-electron chi connectivity index (χ1n) is 21.2. The fourth-order valence-corrected chi connectivity index (χ4v) is 9.33. The summed E-state index contributed by atoms with van der Waals surface area (Å²) in [5.41, 5.74) is 19.3. The molecule has 0 unspecified atom stereocenters. The molecule has 0 aliphatic rings. The lowest BCUT2D eigenvalue weighted by Crippen LogP contribution is -1.93. The molecule has 0 saturated carbocycles. The molecule has 2 aromatic heterocycles. The van der Waals surface area contributed by atoms with Gasteiger partial charge in [0, 0.05) is 32.8 Å². The van der Waals surface area contributed by atoms with Crippen LogP contribution in [0.4, 0.5) is 0 Å². The standard InChI is InChI=1S/C60H39NO/c1-5-15-40(16-6-1)43-21-13-22-44(33-43)48-34-49(36-50(35-48)47-29-32-59-56(39-47)53-26-14-25-52(60(53)62-59)42-19-9-3-10-20-42)46-28-31-58-55(38-46)54-37-45(41-17-7-2-8-18-41)27-30-57(54)61(58)51-23-11-4-12-24-51/h1-39H. The van der Waals surface area contributed by atoms with Crippen LogP contribution in [0.1, 0.15) is 0 Å². The van der Waals surface area contributed by atoms with E-state index in [1.807, 2.05) is 0 Å². The Morgan fingerprint density at radius 1 is 0.258 bits per heavy atom. The Kier molecular flexibility index (Phi) is 8.53. The van der Waals surface area contributed by atoms with Crippen molar-refractivity contribution in [3.05, 3.63) is 237 Å². The summed E-state index contributed by atoms with van der Waals surface area (Å²) in [6, 6.07) is 85.5. The zero-order valence-corrected chi connectivity index (χ0v) is 33.9. The number of nitrogens with zero attached hydrogens (tertiary/aromatic N) is 1. The van der Waals surface area contributed by atoms with Gasteiger partial charge in [-0.1, -0.05) is 164 Å². The highest BCUT2D eigenvalue weighted by atomic mass is 16.3. The summed E-state index contributed by atoms with van der Waals surface area (Å²) in [4.78, 5) is 0. The largest absolute Gasteiger partial charge is 0.455 e. The number of hydrogen-bond acceptors (Lipinski definition) is 1. The normalized spacial score (nSPS) is 11.5. The van der Waals surface area contributed by atoms with E-state index >= 15 is 0 Å². The minimum absolute atomic E-state index is 0.884. The third kappa shape index (κ3) is 6.20. The molecule has 0 amide bonds. The van der Waals surface area contributed by atoms with Crippen molar-refractivity contribution in [3.8, 4) is 72.4 Å². The van der Waals surface area contributed by atoms with E-state index in [2.05, 4.69) is 241 Å². The zero-order chi connectivity index (χ0) is 41.0. The molecule has 0 N–H and O–H groups in total. The van der Waals surface area contributed by atoms with Gasteiger partial charge in [-0.05, 0) is 134 Å². The van der Waals surface area contributed by atoms with Crippen molar-refractivity contribution in [1.29, 1.82) is 0 Å². The van der Waals surface area contributed by atoms with Crippen LogP contribution in [0, 0.1) is 0 Å². The molecule has 0 aliphatic carbocycles. The molecule has 0 spiro atoms. The SMILES string of the molecule is c1ccc(-c2cccc(-c3cc(-c4ccc5oc6c(-c7ccccc7)cccc6c5c4)cc(-c4ccc5c(c4)c4cc(-c6ccccc6)ccc4n5-c4ccccc4)c3)c2)cc1. The second kappa shape index (κ2) is 14.8. The fourth-order valence-electron chi connectivity index (χ4n) is 9.33. The summed E-state index contributed by atoms with van der Waals surface area (Å²) in [6.45, 7) is 0. The van der Waals surface area contributed by atoms with E-state index in [4.69, 9.17) is 4.42 Å². The highest BCUT2D eigenvalue weighted by Gasteiger charge is 2.18. The summed E-state index contributed by atoms with van der Waals surface area (Å²) in [5.74, 6) is 0. The van der Waals surface area contributed by atoms with Crippen molar-refractivity contribution < 1.29 is 4.42 Å². The molecule has 62 heavy (non-hydrogen) atoms. The van der Waals surface area contributed by atoms with Crippen LogP contribution < -0.4 is 0 Å². The average Bonchev–Trinajstić information content (AvgIpc) is 3.90. The van der Waals surface area contributed by atoms with Crippen LogP contribution in [-0.4, -0.2) is 4.57 Å². The summed E-state index contributed by atoms with van der Waals surface area (Å²) < 4.78 is 9.01. The predicted octanol–water partition coefficient (Wildman–Crippen LogP) is 16.7. The molecular formula is C60H39NO. The number of aromatic nitrogens is 1. The van der Waals surface area contributed by atoms with Crippen LogP contribution in [-0.2, 0) is 0 Å². The van der Waals surface area contributed by atoms with Crippen molar-refractivity contribution in [3.63, 3.8) is 0 Å². The monoisotopic (exact) mass is 789 g/mol. The lowest BCUT2D eigenvalue weighted by Gasteiger charge is -2.13. The van der Waals surface area contributed by atoms with E-state index < -0.39 is 0 Å². The highest BCUT2D eigenvalue weighted by Crippen LogP contribution is 2.42. The van der Waals surface area contributed by atoms with Crippen molar-refractivity contribution in [1.82, 2.24) is 4.57 Å². The molecule has 2 nitrogen and oxygen atoms in total. The summed E-state index contributed by atoms with van der Waals surface area (Å²) in [6.07, 6.45) is 0. The van der Waals surface area contributed by atoms with Crippen LogP contribution in [0.25, 0.3) is 116 Å². The van der Waals surface area contributed by atoms with Gasteiger partial charge in [0.2, 0.25) is 0 Å². The van der Waals surface area contributed by atoms with E-state index in [0.29, 0.717) is 0 Å². The van der Waals surface area contributed by atoms with Crippen LogP contribution >= 0.6 is 0 Å². The van der Waals surface area contributed by atoms with E-state index in [1.165, 1.54) is 55.2 Å². The maximum Gasteiger partial charge on any atom is 0.143 e. The molecule has 0 aliphatic heterocycles. The minimum Gasteiger partial charge on any atom is -0.455 e. The van der Waals surface area contributed by atoms with Gasteiger partial charge in [0.1, 0.15) is 11.2 Å². The quantitative estimate of drug-likeness (QED) is 0.157. The van der Waals surface area contributed by atoms with Crippen LogP contribution in [0.3, 0.4) is 0 Å². The molecule has 0 fully saturated rings. The van der Waals surface area contributed by atoms with Gasteiger partial charge in [-0.2, -0.15) is 0 Å². The molecular weight excluding hydrogens is 751 g/mol. The van der Waals surface area contributed by atoms with Gasteiger partial charge in [0.15, 0.2) is 0 Å². The van der Waals surface area contributed by atoms with Crippen molar-refractivity contribution in [2.75, 3.05) is 0 Å². The van der Waals surface area contributed by atoms with Gasteiger partial charge in [-0.15, -0.1) is 0 Å². The Bertz CT molecular complexity index is 3600. The molecule has 0 bridgehead atoms. The lowest BCUT2D eigenvalue weighted by atomic mass is 9.91. The lowest BCUT2D eigenvalue weighted by molar-refractivity contribution is 0.670. The van der Waals surface area contributed by atoms with Gasteiger partial charge < -0.3 is 8.98 Å². The average molecular weight is 790 g/mol. The smallest absolute Gasteiger partial charge is 0.143 e. The number of hydrogen-bond donors (Lipinski definition) is 0. The Labute approximate surface area is 360 Å². The van der Waals surface area contributed by atoms with Gasteiger partial charge in [-0.3, -0.25) is 0 Å². The summed E-state index contributed by atoms with van der Waals surface area (Å²) in [7, 11) is 0. The molecule has 12 aromatic rings. The number of benzene rings is 10. The molecule has 12 rings (SSSR count). The number of furan rings is 1. The number of fused-ring (bicyclic) bond motifs is 6. The van der Waals surface area contributed by atoms with E-state index in [-0.39, 0.29) is 0 Å². The second-order valence-corrected chi connectivity index (χ2v) is 16.1. The third-order valence-electron chi connectivity index (χ3n) is 12.4. The Morgan fingerprint density at radius 3 is 1.26 bits per heavy atom. The first kappa shape index (κ1) is 35.7. The molecule has 0 saturated heterocycles. The van der Waals surface area contributed by atoms with Gasteiger partial charge in [0.25, 0.3) is 0 Å². The van der Waals surface area contributed by atoms with Crippen molar-refractivity contribution in [2.45, 2.75) is 0 Å².